The fourth-order valence-electron chi connectivity index (χ4n) is 3.13. The second-order valence-electron chi connectivity index (χ2n) is 7.12. The van der Waals surface area contributed by atoms with Crippen LogP contribution < -0.4 is 10.4 Å². The van der Waals surface area contributed by atoms with Crippen molar-refractivity contribution in [2.24, 2.45) is 0 Å². The smallest absolute Gasteiger partial charge is 0.273 e. The fraction of sp³-hybridized carbons (Fsp3) is 0.286. The van der Waals surface area contributed by atoms with Gasteiger partial charge in [-0.3, -0.25) is 12.2 Å². The van der Waals surface area contributed by atoms with Crippen LogP contribution in [0.25, 0.3) is 0 Å². The molecule has 2 aliphatic carbocycles. The van der Waals surface area contributed by atoms with Gasteiger partial charge in [0.05, 0.1) is 0 Å². The van der Waals surface area contributed by atoms with Gasteiger partial charge in [0.1, 0.15) is 9.52 Å². The summed E-state index contributed by atoms with van der Waals surface area (Å²) in [6.45, 7) is 8.78. The van der Waals surface area contributed by atoms with Gasteiger partial charge in [-0.05, 0) is 13.8 Å². The summed E-state index contributed by atoms with van der Waals surface area (Å²) < 4.78 is 0. The Morgan fingerprint density at radius 3 is 1.72 bits per heavy atom. The van der Waals surface area contributed by atoms with E-state index in [9.17, 15) is 0 Å². The summed E-state index contributed by atoms with van der Waals surface area (Å²) in [5.74, 6) is 0. The maximum atomic E-state index is 3.23. The van der Waals surface area contributed by atoms with Crippen LogP contribution in [0.3, 0.4) is 0 Å². The number of benzene rings is 2. The maximum absolute atomic E-state index is 3.23. The minimum atomic E-state index is 0. The third kappa shape index (κ3) is 11.8. The average molecular weight is 561 g/mol. The summed E-state index contributed by atoms with van der Waals surface area (Å²) in [5, 5.41) is 2.90. The molecule has 4 rings (SSSR count). The van der Waals surface area contributed by atoms with E-state index in [4.69, 9.17) is 0 Å². The quantitative estimate of drug-likeness (QED) is 0.280. The van der Waals surface area contributed by atoms with E-state index in [1.54, 1.807) is 5.57 Å². The molecule has 2 aliphatic rings. The van der Waals surface area contributed by atoms with Crippen molar-refractivity contribution in [2.45, 2.75) is 53.4 Å². The molecule has 0 bridgehead atoms. The Morgan fingerprint density at radius 2 is 1.38 bits per heavy atom. The van der Waals surface area contributed by atoms with Gasteiger partial charge < -0.3 is 0 Å². The van der Waals surface area contributed by atoms with Crippen LogP contribution in [0.5, 0.6) is 0 Å². The SMILES string of the molecule is CCC1=C(CC)C[C-]=C1.Cc1ccccc1[Si]c1ccccc1C.Cl.Cl.[C-]1=CC=CC1.[Zr+2]. The zero-order valence-electron chi connectivity index (χ0n) is 19.6. The van der Waals surface area contributed by atoms with Crippen molar-refractivity contribution in [3.8, 4) is 0 Å². The summed E-state index contributed by atoms with van der Waals surface area (Å²) >= 11 is 0. The Hall–Kier alpha value is -0.920. The summed E-state index contributed by atoms with van der Waals surface area (Å²) in [6, 6.07) is 17.2. The zero-order chi connectivity index (χ0) is 20.9. The summed E-state index contributed by atoms with van der Waals surface area (Å²) in [6.07, 6.45) is 18.8. The second kappa shape index (κ2) is 19.5. The molecule has 2 aromatic rings. The summed E-state index contributed by atoms with van der Waals surface area (Å²) in [7, 11) is 0.774. The molecule has 32 heavy (non-hydrogen) atoms. The van der Waals surface area contributed by atoms with Gasteiger partial charge in [0.15, 0.2) is 0 Å². The molecule has 0 saturated heterocycles. The molecule has 0 unspecified atom stereocenters. The summed E-state index contributed by atoms with van der Waals surface area (Å²) in [4.78, 5) is 0. The van der Waals surface area contributed by atoms with Crippen LogP contribution in [0.15, 0.2) is 84.0 Å². The van der Waals surface area contributed by atoms with Gasteiger partial charge in [-0.2, -0.15) is 17.2 Å². The predicted molar refractivity (Wildman–Crippen MR) is 143 cm³/mol. The number of hydrogen-bond acceptors (Lipinski definition) is 0. The molecule has 168 valence electrons. The zero-order valence-corrected chi connectivity index (χ0v) is 24.7. The van der Waals surface area contributed by atoms with Crippen molar-refractivity contribution in [3.05, 3.63) is 107 Å². The first-order valence-electron chi connectivity index (χ1n) is 10.5. The van der Waals surface area contributed by atoms with E-state index in [2.05, 4.69) is 101 Å². The van der Waals surface area contributed by atoms with E-state index >= 15 is 0 Å². The summed E-state index contributed by atoms with van der Waals surface area (Å²) in [5.41, 5.74) is 5.87. The first kappa shape index (κ1) is 33.3. The molecule has 0 aliphatic heterocycles. The van der Waals surface area contributed by atoms with Crippen molar-refractivity contribution in [3.63, 3.8) is 0 Å². The van der Waals surface area contributed by atoms with E-state index in [0.29, 0.717) is 0 Å². The molecular formula is C28H34Cl2SiZr. The van der Waals surface area contributed by atoms with Gasteiger partial charge in [0, 0.05) is 0 Å². The molecule has 0 heterocycles. The van der Waals surface area contributed by atoms with Gasteiger partial charge in [0.2, 0.25) is 0 Å². The Bertz CT molecular complexity index is 844. The molecule has 4 heteroatoms. The molecular weight excluding hydrogens is 527 g/mol. The second-order valence-corrected chi connectivity index (χ2v) is 8.45. The van der Waals surface area contributed by atoms with Crippen LogP contribution in [-0.2, 0) is 26.2 Å². The third-order valence-electron chi connectivity index (χ3n) is 5.00. The Labute approximate surface area is 230 Å². The van der Waals surface area contributed by atoms with Gasteiger partial charge in [-0.1, -0.05) is 96.7 Å². The molecule has 0 aromatic heterocycles. The Kier molecular flexibility index (Phi) is 20.3. The van der Waals surface area contributed by atoms with Crippen molar-refractivity contribution < 1.29 is 26.2 Å². The topological polar surface area (TPSA) is 0 Å². The third-order valence-corrected chi connectivity index (χ3v) is 6.66. The van der Waals surface area contributed by atoms with Gasteiger partial charge in [-0.15, -0.1) is 37.7 Å². The Morgan fingerprint density at radius 1 is 0.812 bits per heavy atom. The van der Waals surface area contributed by atoms with Crippen LogP contribution >= 0.6 is 24.8 Å². The monoisotopic (exact) mass is 558 g/mol. The molecule has 2 aromatic carbocycles. The number of rotatable bonds is 4. The largest absolute Gasteiger partial charge is 2.00 e. The number of halogens is 2. The molecule has 2 radical (unpaired) electrons. The van der Waals surface area contributed by atoms with Crippen LogP contribution in [0.4, 0.5) is 0 Å². The van der Waals surface area contributed by atoms with Crippen LogP contribution in [0.1, 0.15) is 50.7 Å². The molecule has 0 nitrogen and oxygen atoms in total. The van der Waals surface area contributed by atoms with Gasteiger partial charge in [0.25, 0.3) is 0 Å². The van der Waals surface area contributed by atoms with Crippen LogP contribution in [-0.4, -0.2) is 9.52 Å². The first-order valence-corrected chi connectivity index (χ1v) is 11.5. The van der Waals surface area contributed by atoms with Gasteiger partial charge in [-0.25, -0.2) is 18.2 Å². The standard InChI is InChI=1S/C14H14Si.C9H13.C5H5.2ClH.Zr/c1-11-7-3-5-9-13(11)15-14-10-6-4-8-12(14)2;1-3-8-6-5-7-9(8)4-2;1-2-4-5-3-1;;;/h3-10H,1-2H3;6H,3-4,7H2,1-2H3;1-3H,4H2;2*1H;/q;2*-1;;;+2. The molecule has 0 fully saturated rings. The van der Waals surface area contributed by atoms with E-state index in [0.717, 1.165) is 22.4 Å². The molecule has 0 saturated carbocycles. The van der Waals surface area contributed by atoms with E-state index in [1.807, 2.05) is 12.2 Å². The molecule has 0 N–H and O–H groups in total. The minimum absolute atomic E-state index is 0. The molecule has 0 spiro atoms. The first-order chi connectivity index (χ1) is 14.2. The van der Waals surface area contributed by atoms with Crippen molar-refractivity contribution in [2.75, 3.05) is 0 Å². The van der Waals surface area contributed by atoms with Gasteiger partial charge >= 0.3 is 26.2 Å². The van der Waals surface area contributed by atoms with Crippen molar-refractivity contribution >= 4 is 44.7 Å². The van der Waals surface area contributed by atoms with E-state index < -0.39 is 0 Å². The number of hydrogen-bond donors (Lipinski definition) is 0. The predicted octanol–water partition coefficient (Wildman–Crippen LogP) is 6.97. The molecule has 0 amide bonds. The van der Waals surface area contributed by atoms with E-state index in [-0.39, 0.29) is 51.0 Å². The number of aryl methyl sites for hydroxylation is 2. The van der Waals surface area contributed by atoms with Crippen molar-refractivity contribution in [1.29, 1.82) is 0 Å². The minimum Gasteiger partial charge on any atom is -0.273 e. The fourth-order valence-corrected chi connectivity index (χ4v) is 4.34. The van der Waals surface area contributed by atoms with Crippen molar-refractivity contribution in [1.82, 2.24) is 0 Å². The molecule has 0 atom stereocenters. The average Bonchev–Trinajstić information content (AvgIpc) is 3.46. The van der Waals surface area contributed by atoms with E-state index in [1.165, 1.54) is 39.9 Å². The normalized spacial score (nSPS) is 12.5. The maximum Gasteiger partial charge on any atom is 2.00 e. The van der Waals surface area contributed by atoms with Crippen LogP contribution in [0.2, 0.25) is 0 Å². The Balaban J connectivity index is 0. The van der Waals surface area contributed by atoms with Crippen LogP contribution in [0, 0.1) is 26.0 Å². The number of allylic oxidation sites excluding steroid dienone is 8.